The number of nitrogens with zero attached hydrogens (tertiary/aromatic N) is 2. The topological polar surface area (TPSA) is 45.2 Å². The molecule has 1 N–H and O–H groups in total. The van der Waals surface area contributed by atoms with Crippen molar-refractivity contribution in [3.8, 4) is 0 Å². The maximum Gasteiger partial charge on any atom is 0.235 e. The molecule has 0 saturated carbocycles. The molecule has 1 fully saturated rings. The number of nitrogens with one attached hydrogen (secondary N) is 1. The second-order valence-electron chi connectivity index (χ2n) is 7.83. The van der Waals surface area contributed by atoms with Crippen LogP contribution in [-0.4, -0.2) is 28.9 Å². The van der Waals surface area contributed by atoms with Gasteiger partial charge in [-0.2, -0.15) is 0 Å². The minimum Gasteiger partial charge on any atom is -0.342 e. The van der Waals surface area contributed by atoms with E-state index in [0.29, 0.717) is 12.6 Å². The molecule has 2 heterocycles. The van der Waals surface area contributed by atoms with E-state index in [9.17, 15) is 4.79 Å². The summed E-state index contributed by atoms with van der Waals surface area (Å²) in [5, 5.41) is 6.09. The zero-order valence-electron chi connectivity index (χ0n) is 17.0. The number of aromatic nitrogens is 1. The number of rotatable bonds is 6. The Balaban J connectivity index is 1.49. The minimum atomic E-state index is -0.203. The van der Waals surface area contributed by atoms with Gasteiger partial charge in [-0.25, -0.2) is 4.98 Å². The van der Waals surface area contributed by atoms with Crippen LogP contribution in [0.5, 0.6) is 0 Å². The van der Waals surface area contributed by atoms with E-state index in [1.807, 2.05) is 35.7 Å². The molecule has 2 atom stereocenters. The minimum absolute atomic E-state index is 0.0466. The van der Waals surface area contributed by atoms with E-state index >= 15 is 0 Å². The van der Waals surface area contributed by atoms with E-state index in [0.717, 1.165) is 30.0 Å². The van der Waals surface area contributed by atoms with Gasteiger partial charge in [-0.15, -0.1) is 11.3 Å². The highest BCUT2D eigenvalue weighted by Gasteiger charge is 2.29. The predicted octanol–water partition coefficient (Wildman–Crippen LogP) is 4.80. The summed E-state index contributed by atoms with van der Waals surface area (Å²) in [6, 6.07) is 16.9. The fourth-order valence-corrected chi connectivity index (χ4v) is 5.01. The van der Waals surface area contributed by atoms with Crippen LogP contribution in [0.2, 0.25) is 0 Å². The largest absolute Gasteiger partial charge is 0.342 e. The Bertz CT molecular complexity index is 935. The van der Waals surface area contributed by atoms with Gasteiger partial charge in [0.05, 0.1) is 6.54 Å². The third-order valence-electron chi connectivity index (χ3n) is 5.48. The second kappa shape index (κ2) is 8.89. The number of carbonyl (C=O) groups excluding carboxylic acids is 1. The van der Waals surface area contributed by atoms with Gasteiger partial charge in [0.25, 0.3) is 0 Å². The van der Waals surface area contributed by atoms with Gasteiger partial charge >= 0.3 is 0 Å². The van der Waals surface area contributed by atoms with Crippen LogP contribution in [0.15, 0.2) is 60.1 Å². The van der Waals surface area contributed by atoms with Crippen LogP contribution in [-0.2, 0) is 4.79 Å². The van der Waals surface area contributed by atoms with Crippen molar-refractivity contribution in [2.24, 2.45) is 0 Å². The molecule has 1 aliphatic rings. The lowest BCUT2D eigenvalue weighted by molar-refractivity contribution is -0.123. The first kappa shape index (κ1) is 19.8. The molecule has 1 saturated heterocycles. The molecule has 2 unspecified atom stereocenters. The molecule has 29 heavy (non-hydrogen) atoms. The molecule has 4 rings (SSSR count). The molecule has 2 aromatic carbocycles. The summed E-state index contributed by atoms with van der Waals surface area (Å²) in [5.74, 6) is 0.0466. The zero-order valence-corrected chi connectivity index (χ0v) is 17.8. The summed E-state index contributed by atoms with van der Waals surface area (Å²) in [6.45, 7) is 5.65. The van der Waals surface area contributed by atoms with Gasteiger partial charge in [-0.3, -0.25) is 9.69 Å². The normalized spacial score (nSPS) is 17.9. The molecule has 0 spiro atoms. The van der Waals surface area contributed by atoms with E-state index < -0.39 is 0 Å². The first-order chi connectivity index (χ1) is 14.1. The van der Waals surface area contributed by atoms with Crippen molar-refractivity contribution in [1.82, 2.24) is 15.2 Å². The SMILES string of the molecule is Cc1cc(C)cc(C2CCCN2CC(=O)NC(c2ccccc2)c2nccs2)c1. The Morgan fingerprint density at radius 2 is 1.97 bits per heavy atom. The molecule has 0 aliphatic carbocycles. The number of benzene rings is 2. The summed E-state index contributed by atoms with van der Waals surface area (Å²) in [6.07, 6.45) is 4.02. The highest BCUT2D eigenvalue weighted by molar-refractivity contribution is 7.09. The summed E-state index contributed by atoms with van der Waals surface area (Å²) in [5.41, 5.74) is 4.95. The lowest BCUT2D eigenvalue weighted by Gasteiger charge is -2.26. The van der Waals surface area contributed by atoms with Gasteiger partial charge in [-0.1, -0.05) is 59.7 Å². The molecule has 4 nitrogen and oxygen atoms in total. The number of aryl methyl sites for hydroxylation is 2. The first-order valence-corrected chi connectivity index (χ1v) is 11.0. The van der Waals surface area contributed by atoms with Crippen molar-refractivity contribution in [3.05, 3.63) is 87.4 Å². The van der Waals surface area contributed by atoms with Crippen LogP contribution in [0, 0.1) is 13.8 Å². The van der Waals surface area contributed by atoms with Crippen LogP contribution >= 0.6 is 11.3 Å². The van der Waals surface area contributed by atoms with Crippen LogP contribution in [0.1, 0.15) is 52.2 Å². The van der Waals surface area contributed by atoms with Gasteiger partial charge < -0.3 is 5.32 Å². The Kier molecular flexibility index (Phi) is 6.07. The zero-order chi connectivity index (χ0) is 20.2. The first-order valence-electron chi connectivity index (χ1n) is 10.2. The monoisotopic (exact) mass is 405 g/mol. The van der Waals surface area contributed by atoms with Crippen molar-refractivity contribution < 1.29 is 4.79 Å². The predicted molar refractivity (Wildman–Crippen MR) is 118 cm³/mol. The standard InChI is InChI=1S/C24H27N3OS/c1-17-13-18(2)15-20(14-17)21-9-6-11-27(21)16-22(28)26-23(24-25-10-12-29-24)19-7-4-3-5-8-19/h3-5,7-8,10,12-15,21,23H,6,9,11,16H2,1-2H3,(H,26,28). The van der Waals surface area contributed by atoms with Crippen molar-refractivity contribution in [2.75, 3.05) is 13.1 Å². The van der Waals surface area contributed by atoms with Gasteiger partial charge in [-0.05, 0) is 44.4 Å². The molecule has 5 heteroatoms. The van der Waals surface area contributed by atoms with Crippen LogP contribution < -0.4 is 5.32 Å². The number of hydrogen-bond acceptors (Lipinski definition) is 4. The molecule has 0 bridgehead atoms. The summed E-state index contributed by atoms with van der Waals surface area (Å²) in [7, 11) is 0. The van der Waals surface area contributed by atoms with Crippen LogP contribution in [0.4, 0.5) is 0 Å². The summed E-state index contributed by atoms with van der Waals surface area (Å²) < 4.78 is 0. The Morgan fingerprint density at radius 3 is 2.66 bits per heavy atom. The lowest BCUT2D eigenvalue weighted by Crippen LogP contribution is -2.39. The molecule has 150 valence electrons. The van der Waals surface area contributed by atoms with E-state index in [1.54, 1.807) is 17.5 Å². The Morgan fingerprint density at radius 1 is 1.21 bits per heavy atom. The van der Waals surface area contributed by atoms with E-state index in [2.05, 4.69) is 47.2 Å². The van der Waals surface area contributed by atoms with E-state index in [-0.39, 0.29) is 11.9 Å². The highest BCUT2D eigenvalue weighted by Crippen LogP contribution is 2.33. The van der Waals surface area contributed by atoms with Crippen LogP contribution in [0.25, 0.3) is 0 Å². The molecular formula is C24H27N3OS. The number of likely N-dealkylation sites (tertiary alicyclic amines) is 1. The summed E-state index contributed by atoms with van der Waals surface area (Å²) in [4.78, 5) is 19.8. The van der Waals surface area contributed by atoms with Crippen molar-refractivity contribution in [3.63, 3.8) is 0 Å². The molecular weight excluding hydrogens is 378 g/mol. The molecule has 1 amide bonds. The van der Waals surface area contributed by atoms with Crippen molar-refractivity contribution >= 4 is 17.2 Å². The second-order valence-corrected chi connectivity index (χ2v) is 8.76. The van der Waals surface area contributed by atoms with Crippen LogP contribution in [0.3, 0.4) is 0 Å². The van der Waals surface area contributed by atoms with Crippen molar-refractivity contribution in [1.29, 1.82) is 0 Å². The maximum absolute atomic E-state index is 13.0. The van der Waals surface area contributed by atoms with Crippen molar-refractivity contribution in [2.45, 2.75) is 38.8 Å². The highest BCUT2D eigenvalue weighted by atomic mass is 32.1. The van der Waals surface area contributed by atoms with Gasteiger partial charge in [0.1, 0.15) is 11.0 Å². The average Bonchev–Trinajstić information content (AvgIpc) is 3.38. The lowest BCUT2D eigenvalue weighted by atomic mass is 9.99. The third-order valence-corrected chi connectivity index (χ3v) is 6.32. The number of hydrogen-bond donors (Lipinski definition) is 1. The van der Waals surface area contributed by atoms with Gasteiger partial charge in [0, 0.05) is 17.6 Å². The third kappa shape index (κ3) is 4.74. The molecule has 1 aliphatic heterocycles. The smallest absolute Gasteiger partial charge is 0.235 e. The Hall–Kier alpha value is -2.50. The maximum atomic E-state index is 13.0. The fraction of sp³-hybridized carbons (Fsp3) is 0.333. The number of amides is 1. The molecule has 1 aromatic heterocycles. The van der Waals surface area contributed by atoms with Gasteiger partial charge in [0.2, 0.25) is 5.91 Å². The molecule has 0 radical (unpaired) electrons. The summed E-state index contributed by atoms with van der Waals surface area (Å²) >= 11 is 1.57. The number of carbonyl (C=O) groups is 1. The average molecular weight is 406 g/mol. The van der Waals surface area contributed by atoms with E-state index in [1.165, 1.54) is 16.7 Å². The molecule has 3 aromatic rings. The number of thiazole rings is 1. The quantitative estimate of drug-likeness (QED) is 0.641. The Labute approximate surface area is 176 Å². The fourth-order valence-electron chi connectivity index (χ4n) is 4.30. The van der Waals surface area contributed by atoms with Gasteiger partial charge in [0.15, 0.2) is 0 Å². The van der Waals surface area contributed by atoms with E-state index in [4.69, 9.17) is 0 Å².